The highest BCUT2D eigenvalue weighted by Gasteiger charge is 2.23. The van der Waals surface area contributed by atoms with Crippen molar-refractivity contribution in [2.75, 3.05) is 0 Å². The predicted molar refractivity (Wildman–Crippen MR) is 73.7 cm³/mol. The van der Waals surface area contributed by atoms with Gasteiger partial charge in [0.15, 0.2) is 0 Å². The van der Waals surface area contributed by atoms with Gasteiger partial charge in [0.2, 0.25) is 11.8 Å². The lowest BCUT2D eigenvalue weighted by molar-refractivity contribution is 0.457. The van der Waals surface area contributed by atoms with Gasteiger partial charge >= 0.3 is 0 Å². The van der Waals surface area contributed by atoms with Crippen molar-refractivity contribution in [3.63, 3.8) is 0 Å². The Hall–Kier alpha value is -0.870. The van der Waals surface area contributed by atoms with Crippen molar-refractivity contribution in [1.82, 2.24) is 10.2 Å². The zero-order chi connectivity index (χ0) is 12.5. The summed E-state index contributed by atoms with van der Waals surface area (Å²) in [6, 6.07) is 5.54. The summed E-state index contributed by atoms with van der Waals surface area (Å²) in [5.41, 5.74) is 0.885. The highest BCUT2D eigenvalue weighted by atomic mass is 79.9. The fraction of sp³-hybridized carbons (Fsp3) is 0.385. The molecule has 3 nitrogen and oxygen atoms in total. The maximum Gasteiger partial charge on any atom is 0.248 e. The van der Waals surface area contributed by atoms with Gasteiger partial charge in [-0.2, -0.15) is 0 Å². The number of hydrogen-bond donors (Lipinski definition) is 0. The van der Waals surface area contributed by atoms with Gasteiger partial charge in [-0.1, -0.05) is 24.4 Å². The first-order valence-electron chi connectivity index (χ1n) is 6.03. The first-order chi connectivity index (χ1) is 8.74. The Kier molecular flexibility index (Phi) is 3.39. The minimum Gasteiger partial charge on any atom is -0.420 e. The molecule has 1 saturated carbocycles. The standard InChI is InChI=1S/C13H12BrClN2O/c14-11-7-9(15)5-6-10(11)13-17-16-12(18-13)8-3-1-2-4-8/h5-8H,1-4H2. The van der Waals surface area contributed by atoms with Gasteiger partial charge in [-0.15, -0.1) is 10.2 Å². The van der Waals surface area contributed by atoms with Crippen LogP contribution in [0.5, 0.6) is 0 Å². The second-order valence-electron chi connectivity index (χ2n) is 4.55. The molecule has 0 unspecified atom stereocenters. The molecule has 1 aliphatic carbocycles. The van der Waals surface area contributed by atoms with E-state index in [1.54, 1.807) is 0 Å². The molecule has 0 N–H and O–H groups in total. The first kappa shape index (κ1) is 12.2. The molecule has 0 amide bonds. The van der Waals surface area contributed by atoms with Crippen LogP contribution in [0.15, 0.2) is 27.1 Å². The number of nitrogens with zero attached hydrogens (tertiary/aromatic N) is 2. The lowest BCUT2D eigenvalue weighted by Crippen LogP contribution is -1.91. The van der Waals surface area contributed by atoms with Crippen molar-refractivity contribution in [3.05, 3.63) is 33.6 Å². The van der Waals surface area contributed by atoms with Crippen molar-refractivity contribution >= 4 is 27.5 Å². The summed E-state index contributed by atoms with van der Waals surface area (Å²) >= 11 is 9.38. The van der Waals surface area contributed by atoms with E-state index in [2.05, 4.69) is 26.1 Å². The predicted octanol–water partition coefficient (Wildman–Crippen LogP) is 4.81. The van der Waals surface area contributed by atoms with Crippen LogP contribution < -0.4 is 0 Å². The average molecular weight is 328 g/mol. The quantitative estimate of drug-likeness (QED) is 0.794. The van der Waals surface area contributed by atoms with Gasteiger partial charge < -0.3 is 4.42 Å². The number of halogens is 2. The molecule has 0 saturated heterocycles. The fourth-order valence-corrected chi connectivity index (χ4v) is 3.20. The van der Waals surface area contributed by atoms with E-state index in [9.17, 15) is 0 Å². The smallest absolute Gasteiger partial charge is 0.248 e. The minimum absolute atomic E-state index is 0.442. The van der Waals surface area contributed by atoms with E-state index in [4.69, 9.17) is 16.0 Å². The molecule has 0 bridgehead atoms. The van der Waals surface area contributed by atoms with Gasteiger partial charge in [-0.3, -0.25) is 0 Å². The van der Waals surface area contributed by atoms with Crippen LogP contribution in [0.2, 0.25) is 5.02 Å². The lowest BCUT2D eigenvalue weighted by Gasteiger charge is -2.02. The highest BCUT2D eigenvalue weighted by molar-refractivity contribution is 9.10. The van der Waals surface area contributed by atoms with Crippen LogP contribution in [0.25, 0.3) is 11.5 Å². The second-order valence-corrected chi connectivity index (χ2v) is 5.84. The van der Waals surface area contributed by atoms with Gasteiger partial charge in [-0.25, -0.2) is 0 Å². The molecule has 0 radical (unpaired) electrons. The molecule has 18 heavy (non-hydrogen) atoms. The van der Waals surface area contributed by atoms with Crippen LogP contribution in [-0.2, 0) is 0 Å². The van der Waals surface area contributed by atoms with Gasteiger partial charge in [0.25, 0.3) is 0 Å². The van der Waals surface area contributed by atoms with Crippen LogP contribution >= 0.6 is 27.5 Å². The Morgan fingerprint density at radius 3 is 2.72 bits per heavy atom. The van der Waals surface area contributed by atoms with Crippen LogP contribution in [0.1, 0.15) is 37.5 Å². The summed E-state index contributed by atoms with van der Waals surface area (Å²) in [5, 5.41) is 8.98. The zero-order valence-corrected chi connectivity index (χ0v) is 12.0. The summed E-state index contributed by atoms with van der Waals surface area (Å²) in [6.07, 6.45) is 4.83. The van der Waals surface area contributed by atoms with Crippen molar-refractivity contribution in [3.8, 4) is 11.5 Å². The van der Waals surface area contributed by atoms with Gasteiger partial charge in [0, 0.05) is 15.4 Å². The van der Waals surface area contributed by atoms with Crippen LogP contribution in [0, 0.1) is 0 Å². The van der Waals surface area contributed by atoms with E-state index in [1.165, 1.54) is 12.8 Å². The molecular weight excluding hydrogens is 316 g/mol. The molecule has 1 aromatic carbocycles. The molecular formula is C13H12BrClN2O. The molecule has 5 heteroatoms. The third kappa shape index (κ3) is 2.31. The average Bonchev–Trinajstić information content (AvgIpc) is 2.99. The molecule has 2 aromatic rings. The SMILES string of the molecule is Clc1ccc(-c2nnc(C3CCCC3)o2)c(Br)c1. The Balaban J connectivity index is 1.92. The molecule has 3 rings (SSSR count). The topological polar surface area (TPSA) is 38.9 Å². The normalized spacial score (nSPS) is 16.3. The van der Waals surface area contributed by atoms with E-state index in [0.29, 0.717) is 16.8 Å². The summed E-state index contributed by atoms with van der Waals surface area (Å²) in [4.78, 5) is 0. The van der Waals surface area contributed by atoms with Gasteiger partial charge in [0.05, 0.1) is 5.56 Å². The van der Waals surface area contributed by atoms with Crippen LogP contribution in [0.3, 0.4) is 0 Å². The Bertz CT molecular complexity index is 564. The van der Waals surface area contributed by atoms with Crippen molar-refractivity contribution in [2.24, 2.45) is 0 Å². The number of benzene rings is 1. The molecule has 0 atom stereocenters. The lowest BCUT2D eigenvalue weighted by atomic mass is 10.1. The molecule has 1 fully saturated rings. The molecule has 1 heterocycles. The number of rotatable bonds is 2. The number of aromatic nitrogens is 2. The summed E-state index contributed by atoms with van der Waals surface area (Å²) < 4.78 is 6.65. The maximum absolute atomic E-state index is 5.92. The molecule has 0 aliphatic heterocycles. The van der Waals surface area contributed by atoms with Crippen LogP contribution in [0.4, 0.5) is 0 Å². The first-order valence-corrected chi connectivity index (χ1v) is 7.20. The fourth-order valence-electron chi connectivity index (χ4n) is 2.34. The summed E-state index contributed by atoms with van der Waals surface area (Å²) in [7, 11) is 0. The second kappa shape index (κ2) is 5.02. The minimum atomic E-state index is 0.442. The molecule has 94 valence electrons. The van der Waals surface area contributed by atoms with E-state index in [0.717, 1.165) is 28.8 Å². The zero-order valence-electron chi connectivity index (χ0n) is 9.70. The molecule has 1 aliphatic rings. The summed E-state index contributed by atoms with van der Waals surface area (Å²) in [6.45, 7) is 0. The monoisotopic (exact) mass is 326 g/mol. The Morgan fingerprint density at radius 2 is 2.00 bits per heavy atom. The third-order valence-electron chi connectivity index (χ3n) is 3.31. The van der Waals surface area contributed by atoms with Crippen molar-refractivity contribution in [1.29, 1.82) is 0 Å². The Morgan fingerprint density at radius 1 is 1.22 bits per heavy atom. The van der Waals surface area contributed by atoms with E-state index >= 15 is 0 Å². The largest absolute Gasteiger partial charge is 0.420 e. The van der Waals surface area contributed by atoms with Gasteiger partial charge in [-0.05, 0) is 47.0 Å². The van der Waals surface area contributed by atoms with Crippen LogP contribution in [-0.4, -0.2) is 10.2 Å². The van der Waals surface area contributed by atoms with Crippen molar-refractivity contribution < 1.29 is 4.42 Å². The number of hydrogen-bond acceptors (Lipinski definition) is 3. The highest BCUT2D eigenvalue weighted by Crippen LogP contribution is 2.36. The molecule has 1 aromatic heterocycles. The summed E-state index contributed by atoms with van der Waals surface area (Å²) in [5.74, 6) is 1.77. The van der Waals surface area contributed by atoms with E-state index < -0.39 is 0 Å². The van der Waals surface area contributed by atoms with E-state index in [-0.39, 0.29) is 0 Å². The van der Waals surface area contributed by atoms with E-state index in [1.807, 2.05) is 18.2 Å². The third-order valence-corrected chi connectivity index (χ3v) is 4.20. The van der Waals surface area contributed by atoms with Crippen molar-refractivity contribution in [2.45, 2.75) is 31.6 Å². The Labute approximate surface area is 119 Å². The maximum atomic E-state index is 5.92. The molecule has 0 spiro atoms. The van der Waals surface area contributed by atoms with Gasteiger partial charge in [0.1, 0.15) is 0 Å².